The van der Waals surface area contributed by atoms with Gasteiger partial charge >= 0.3 is 0 Å². The van der Waals surface area contributed by atoms with Gasteiger partial charge in [0.1, 0.15) is 11.6 Å². The Kier molecular flexibility index (Phi) is 4.41. The maximum atomic E-state index is 14.0. The van der Waals surface area contributed by atoms with Crippen LogP contribution in [0.5, 0.6) is 0 Å². The van der Waals surface area contributed by atoms with E-state index < -0.39 is 0 Å². The third kappa shape index (κ3) is 3.17. The number of aromatic amines is 1. The van der Waals surface area contributed by atoms with Crippen molar-refractivity contribution < 1.29 is 4.39 Å². The predicted octanol–water partition coefficient (Wildman–Crippen LogP) is 1.92. The molecule has 1 aromatic carbocycles. The third-order valence-electron chi connectivity index (χ3n) is 2.84. The second-order valence-corrected chi connectivity index (χ2v) is 5.25. The fourth-order valence-corrected chi connectivity index (χ4v) is 2.75. The average Bonchev–Trinajstić information content (AvgIpc) is 2.39. The van der Waals surface area contributed by atoms with Gasteiger partial charge in [-0.15, -0.1) is 0 Å². The molecule has 106 valence electrons. The van der Waals surface area contributed by atoms with Gasteiger partial charge in [-0.1, -0.05) is 12.1 Å². The summed E-state index contributed by atoms with van der Waals surface area (Å²) in [6, 6.07) is 6.01. The van der Waals surface area contributed by atoms with Gasteiger partial charge in [0.15, 0.2) is 5.16 Å². The summed E-state index contributed by atoms with van der Waals surface area (Å²) in [5, 5.41) is 3.33. The van der Waals surface area contributed by atoms with Gasteiger partial charge in [0.25, 0.3) is 5.56 Å². The summed E-state index contributed by atoms with van der Waals surface area (Å²) in [5.41, 5.74) is 5.96. The first-order valence-corrected chi connectivity index (χ1v) is 6.83. The summed E-state index contributed by atoms with van der Waals surface area (Å²) in [6.45, 7) is 1.92. The molecule has 20 heavy (non-hydrogen) atoms. The maximum absolute atomic E-state index is 14.0. The molecule has 0 fully saturated rings. The van der Waals surface area contributed by atoms with Crippen LogP contribution in [0.1, 0.15) is 18.5 Å². The number of nitrogens with zero attached hydrogens (tertiary/aromatic N) is 1. The standard InChI is InChI=1S/C13H15FN4OS/c1-7(16-2)8-4-3-5-9(14)12(8)20-13-17-10(15)6-11(19)18-13/h3-7,16H,1-2H3,(H3,15,17,18,19). The van der Waals surface area contributed by atoms with Crippen LogP contribution in [0.4, 0.5) is 10.2 Å². The summed E-state index contributed by atoms with van der Waals surface area (Å²) in [6.07, 6.45) is 0. The van der Waals surface area contributed by atoms with Crippen LogP contribution in [0.25, 0.3) is 0 Å². The van der Waals surface area contributed by atoms with Gasteiger partial charge < -0.3 is 16.0 Å². The van der Waals surface area contributed by atoms with Crippen molar-refractivity contribution in [2.45, 2.75) is 23.0 Å². The highest BCUT2D eigenvalue weighted by Crippen LogP contribution is 2.33. The largest absolute Gasteiger partial charge is 0.383 e. The van der Waals surface area contributed by atoms with E-state index in [9.17, 15) is 9.18 Å². The Morgan fingerprint density at radius 1 is 1.50 bits per heavy atom. The van der Waals surface area contributed by atoms with E-state index in [1.54, 1.807) is 13.1 Å². The average molecular weight is 294 g/mol. The molecule has 0 aliphatic rings. The molecule has 7 heteroatoms. The molecule has 5 nitrogen and oxygen atoms in total. The molecule has 0 amide bonds. The summed E-state index contributed by atoms with van der Waals surface area (Å²) >= 11 is 1.05. The van der Waals surface area contributed by atoms with Crippen molar-refractivity contribution in [3.05, 3.63) is 46.0 Å². The number of benzene rings is 1. The molecule has 0 spiro atoms. The monoisotopic (exact) mass is 294 g/mol. The highest BCUT2D eigenvalue weighted by atomic mass is 32.2. The molecule has 1 aromatic heterocycles. The SMILES string of the molecule is CNC(C)c1cccc(F)c1Sc1nc(N)cc(=O)[nH]1. The van der Waals surface area contributed by atoms with Crippen LogP contribution in [-0.2, 0) is 0 Å². The van der Waals surface area contributed by atoms with Crippen LogP contribution in [0, 0.1) is 5.82 Å². The Morgan fingerprint density at radius 2 is 2.25 bits per heavy atom. The van der Waals surface area contributed by atoms with E-state index in [0.29, 0.717) is 4.90 Å². The third-order valence-corrected chi connectivity index (χ3v) is 3.86. The van der Waals surface area contributed by atoms with Crippen molar-refractivity contribution in [3.63, 3.8) is 0 Å². The van der Waals surface area contributed by atoms with Crippen molar-refractivity contribution >= 4 is 17.6 Å². The van der Waals surface area contributed by atoms with E-state index in [2.05, 4.69) is 15.3 Å². The first kappa shape index (κ1) is 14.5. The highest BCUT2D eigenvalue weighted by molar-refractivity contribution is 7.99. The van der Waals surface area contributed by atoms with E-state index >= 15 is 0 Å². The zero-order valence-electron chi connectivity index (χ0n) is 11.1. The number of hydrogen-bond donors (Lipinski definition) is 3. The molecule has 4 N–H and O–H groups in total. The van der Waals surface area contributed by atoms with Gasteiger partial charge in [0, 0.05) is 12.1 Å². The van der Waals surface area contributed by atoms with Crippen LogP contribution >= 0.6 is 11.8 Å². The van der Waals surface area contributed by atoms with Crippen molar-refractivity contribution in [1.82, 2.24) is 15.3 Å². The predicted molar refractivity (Wildman–Crippen MR) is 77.3 cm³/mol. The Labute approximate surface area is 119 Å². The Hall–Kier alpha value is -1.86. The fraction of sp³-hybridized carbons (Fsp3) is 0.231. The zero-order valence-corrected chi connectivity index (χ0v) is 11.9. The van der Waals surface area contributed by atoms with Gasteiger partial charge in [0.05, 0.1) is 4.90 Å². The Balaban J connectivity index is 2.44. The van der Waals surface area contributed by atoms with Gasteiger partial charge in [-0.3, -0.25) is 4.79 Å². The van der Waals surface area contributed by atoms with Crippen LogP contribution < -0.4 is 16.6 Å². The molecule has 1 heterocycles. The smallest absolute Gasteiger partial charge is 0.253 e. The maximum Gasteiger partial charge on any atom is 0.253 e. The number of hydrogen-bond acceptors (Lipinski definition) is 5. The number of nitrogens with one attached hydrogen (secondary N) is 2. The Bertz CT molecular complexity index is 674. The topological polar surface area (TPSA) is 83.8 Å². The molecule has 2 aromatic rings. The molecule has 0 saturated heterocycles. The highest BCUT2D eigenvalue weighted by Gasteiger charge is 2.15. The molecule has 0 aliphatic carbocycles. The lowest BCUT2D eigenvalue weighted by Gasteiger charge is -2.15. The molecule has 1 atom stereocenters. The minimum Gasteiger partial charge on any atom is -0.383 e. The zero-order chi connectivity index (χ0) is 14.7. The van der Waals surface area contributed by atoms with Crippen molar-refractivity contribution in [2.75, 3.05) is 12.8 Å². The second-order valence-electron chi connectivity index (χ2n) is 4.25. The van der Waals surface area contributed by atoms with E-state index in [-0.39, 0.29) is 28.4 Å². The van der Waals surface area contributed by atoms with Gasteiger partial charge in [0.2, 0.25) is 0 Å². The lowest BCUT2D eigenvalue weighted by molar-refractivity contribution is 0.575. The van der Waals surface area contributed by atoms with Crippen molar-refractivity contribution in [1.29, 1.82) is 0 Å². The van der Waals surface area contributed by atoms with Gasteiger partial charge in [-0.2, -0.15) is 0 Å². The number of H-pyrrole nitrogens is 1. The van der Waals surface area contributed by atoms with Crippen LogP contribution in [0.3, 0.4) is 0 Å². The first-order chi connectivity index (χ1) is 9.51. The number of halogens is 1. The summed E-state index contributed by atoms with van der Waals surface area (Å²) in [4.78, 5) is 18.3. The lowest BCUT2D eigenvalue weighted by Crippen LogP contribution is -2.14. The van der Waals surface area contributed by atoms with E-state index in [0.717, 1.165) is 17.3 Å². The minimum atomic E-state index is -0.362. The molecule has 0 radical (unpaired) electrons. The summed E-state index contributed by atoms with van der Waals surface area (Å²) in [5.74, 6) is -0.254. The number of rotatable bonds is 4. The first-order valence-electron chi connectivity index (χ1n) is 6.01. The second kappa shape index (κ2) is 6.06. The molecule has 1 unspecified atom stereocenters. The van der Waals surface area contributed by atoms with Gasteiger partial charge in [-0.05, 0) is 37.4 Å². The minimum absolute atomic E-state index is 0.0269. The Morgan fingerprint density at radius 3 is 2.90 bits per heavy atom. The molecule has 0 aliphatic heterocycles. The molecule has 0 bridgehead atoms. The lowest BCUT2D eigenvalue weighted by atomic mass is 10.1. The van der Waals surface area contributed by atoms with E-state index in [1.165, 1.54) is 12.1 Å². The normalized spacial score (nSPS) is 12.3. The quantitative estimate of drug-likeness (QED) is 0.750. The van der Waals surface area contributed by atoms with Crippen LogP contribution in [0.15, 0.2) is 39.1 Å². The van der Waals surface area contributed by atoms with Crippen LogP contribution in [-0.4, -0.2) is 17.0 Å². The molecular formula is C13H15FN4OS. The van der Waals surface area contributed by atoms with Crippen molar-refractivity contribution in [2.24, 2.45) is 0 Å². The van der Waals surface area contributed by atoms with Gasteiger partial charge in [-0.25, -0.2) is 9.37 Å². The number of anilines is 1. The molecule has 2 rings (SSSR count). The fourth-order valence-electron chi connectivity index (χ4n) is 1.73. The van der Waals surface area contributed by atoms with Crippen molar-refractivity contribution in [3.8, 4) is 0 Å². The molecule has 0 saturated carbocycles. The summed E-state index contributed by atoms with van der Waals surface area (Å²) in [7, 11) is 1.80. The van der Waals surface area contributed by atoms with E-state index in [4.69, 9.17) is 5.73 Å². The summed E-state index contributed by atoms with van der Waals surface area (Å²) < 4.78 is 14.0. The number of aromatic nitrogens is 2. The number of nitrogens with two attached hydrogens (primary N) is 1. The number of nitrogen functional groups attached to an aromatic ring is 1. The van der Waals surface area contributed by atoms with E-state index in [1.807, 2.05) is 13.0 Å². The van der Waals surface area contributed by atoms with Crippen LogP contribution in [0.2, 0.25) is 0 Å². The molecular weight excluding hydrogens is 279 g/mol.